The van der Waals surface area contributed by atoms with Crippen molar-refractivity contribution in [2.75, 3.05) is 6.61 Å². The third kappa shape index (κ3) is 2.44. The van der Waals surface area contributed by atoms with Crippen LogP contribution in [0.1, 0.15) is 18.2 Å². The Balaban J connectivity index is 2.39. The van der Waals surface area contributed by atoms with Crippen molar-refractivity contribution in [1.82, 2.24) is 9.38 Å². The van der Waals surface area contributed by atoms with Crippen LogP contribution in [0.3, 0.4) is 0 Å². The fourth-order valence-corrected chi connectivity index (χ4v) is 1.86. The molecule has 0 bridgehead atoms. The lowest BCUT2D eigenvalue weighted by molar-refractivity contribution is -0.142. The quantitative estimate of drug-likeness (QED) is 0.794. The number of aromatic nitrogens is 2. The lowest BCUT2D eigenvalue weighted by atomic mass is 10.3. The van der Waals surface area contributed by atoms with E-state index in [9.17, 15) is 4.79 Å². The van der Waals surface area contributed by atoms with E-state index in [-0.39, 0.29) is 12.4 Å². The first kappa shape index (κ1) is 12.4. The molecule has 0 spiro atoms. The average Bonchev–Trinajstić information content (AvgIpc) is 2.70. The van der Waals surface area contributed by atoms with Gasteiger partial charge in [0.1, 0.15) is 6.07 Å². The van der Waals surface area contributed by atoms with Gasteiger partial charge in [0.05, 0.1) is 29.3 Å². The Morgan fingerprint density at radius 2 is 2.39 bits per heavy atom. The van der Waals surface area contributed by atoms with Crippen molar-refractivity contribution in [3.63, 3.8) is 0 Å². The smallest absolute Gasteiger partial charge is 0.311 e. The van der Waals surface area contributed by atoms with E-state index >= 15 is 0 Å². The van der Waals surface area contributed by atoms with E-state index in [0.29, 0.717) is 28.5 Å². The van der Waals surface area contributed by atoms with Crippen LogP contribution >= 0.6 is 11.6 Å². The van der Waals surface area contributed by atoms with Gasteiger partial charge in [0.2, 0.25) is 0 Å². The highest BCUT2D eigenvalue weighted by atomic mass is 35.5. The second-order valence-corrected chi connectivity index (χ2v) is 4.07. The van der Waals surface area contributed by atoms with E-state index in [1.54, 1.807) is 23.7 Å². The minimum Gasteiger partial charge on any atom is -0.466 e. The van der Waals surface area contributed by atoms with Crippen LogP contribution < -0.4 is 0 Å². The molecule has 18 heavy (non-hydrogen) atoms. The molecule has 6 heteroatoms. The highest BCUT2D eigenvalue weighted by Gasteiger charge is 2.11. The van der Waals surface area contributed by atoms with Gasteiger partial charge in [-0.3, -0.25) is 4.79 Å². The van der Waals surface area contributed by atoms with Crippen molar-refractivity contribution in [2.24, 2.45) is 0 Å². The number of imidazole rings is 1. The van der Waals surface area contributed by atoms with Crippen molar-refractivity contribution in [2.45, 2.75) is 13.3 Å². The monoisotopic (exact) mass is 263 g/mol. The van der Waals surface area contributed by atoms with Gasteiger partial charge < -0.3 is 9.14 Å². The molecule has 92 valence electrons. The molecule has 2 aromatic rings. The van der Waals surface area contributed by atoms with E-state index < -0.39 is 0 Å². The summed E-state index contributed by atoms with van der Waals surface area (Å²) in [6.07, 6.45) is 3.39. The number of carbonyl (C=O) groups excluding carboxylic acids is 1. The number of carbonyl (C=O) groups is 1. The Kier molecular flexibility index (Phi) is 3.49. The van der Waals surface area contributed by atoms with Gasteiger partial charge in [0, 0.05) is 12.4 Å². The Labute approximate surface area is 109 Å². The summed E-state index contributed by atoms with van der Waals surface area (Å²) in [5.41, 5.74) is 1.41. The minimum atomic E-state index is -0.342. The summed E-state index contributed by atoms with van der Waals surface area (Å²) >= 11 is 5.88. The van der Waals surface area contributed by atoms with Crippen LogP contribution in [-0.4, -0.2) is 22.0 Å². The molecule has 0 aliphatic carbocycles. The first-order valence-electron chi connectivity index (χ1n) is 5.37. The molecule has 0 saturated heterocycles. The average molecular weight is 264 g/mol. The number of esters is 1. The fourth-order valence-electron chi connectivity index (χ4n) is 1.64. The van der Waals surface area contributed by atoms with Crippen LogP contribution in [-0.2, 0) is 16.0 Å². The number of nitriles is 1. The van der Waals surface area contributed by atoms with Crippen molar-refractivity contribution in [1.29, 1.82) is 5.26 Å². The van der Waals surface area contributed by atoms with Crippen molar-refractivity contribution in [3.8, 4) is 6.07 Å². The SMILES string of the molecule is CCOC(=O)Cc1cn2cc(Cl)cc(C#N)c2n1. The number of fused-ring (bicyclic) bond motifs is 1. The molecule has 5 nitrogen and oxygen atoms in total. The molecule has 0 aromatic carbocycles. The Hall–Kier alpha value is -2.06. The molecule has 0 unspecified atom stereocenters. The molecule has 0 fully saturated rings. The molecule has 2 aromatic heterocycles. The maximum atomic E-state index is 11.3. The lowest BCUT2D eigenvalue weighted by Gasteiger charge is -1.97. The summed E-state index contributed by atoms with van der Waals surface area (Å²) in [5.74, 6) is -0.342. The van der Waals surface area contributed by atoms with Crippen molar-refractivity contribution < 1.29 is 9.53 Å². The molecule has 0 aliphatic heterocycles. The van der Waals surface area contributed by atoms with Crippen LogP contribution in [0.15, 0.2) is 18.5 Å². The van der Waals surface area contributed by atoms with Gasteiger partial charge in [-0.2, -0.15) is 5.26 Å². The second kappa shape index (κ2) is 5.07. The van der Waals surface area contributed by atoms with E-state index in [1.807, 2.05) is 6.07 Å². The van der Waals surface area contributed by atoms with E-state index in [2.05, 4.69) is 4.98 Å². The maximum Gasteiger partial charge on any atom is 0.311 e. The zero-order valence-corrected chi connectivity index (χ0v) is 10.4. The predicted octanol–water partition coefficient (Wildman–Crippen LogP) is 1.96. The molecule has 2 rings (SSSR count). The van der Waals surface area contributed by atoms with Gasteiger partial charge in [0.15, 0.2) is 5.65 Å². The third-order valence-corrected chi connectivity index (χ3v) is 2.53. The molecule has 0 amide bonds. The van der Waals surface area contributed by atoms with Crippen LogP contribution in [0.4, 0.5) is 0 Å². The zero-order chi connectivity index (χ0) is 13.1. The summed E-state index contributed by atoms with van der Waals surface area (Å²) in [6.45, 7) is 2.08. The van der Waals surface area contributed by atoms with E-state index in [4.69, 9.17) is 21.6 Å². The number of pyridine rings is 1. The van der Waals surface area contributed by atoms with Gasteiger partial charge >= 0.3 is 5.97 Å². The zero-order valence-electron chi connectivity index (χ0n) is 9.68. The molecule has 0 saturated carbocycles. The van der Waals surface area contributed by atoms with Crippen LogP contribution in [0, 0.1) is 11.3 Å². The summed E-state index contributed by atoms with van der Waals surface area (Å²) < 4.78 is 6.48. The number of ether oxygens (including phenoxy) is 1. The summed E-state index contributed by atoms with van der Waals surface area (Å²) in [4.78, 5) is 15.6. The van der Waals surface area contributed by atoms with Gasteiger partial charge in [-0.05, 0) is 13.0 Å². The molecular formula is C12H10ClN3O2. The highest BCUT2D eigenvalue weighted by molar-refractivity contribution is 6.30. The number of hydrogen-bond donors (Lipinski definition) is 0. The third-order valence-electron chi connectivity index (χ3n) is 2.32. The number of rotatable bonds is 3. The number of hydrogen-bond acceptors (Lipinski definition) is 4. The molecule has 0 N–H and O–H groups in total. The van der Waals surface area contributed by atoms with Gasteiger partial charge in [0.25, 0.3) is 0 Å². The summed E-state index contributed by atoms with van der Waals surface area (Å²) in [5, 5.41) is 9.43. The Morgan fingerprint density at radius 3 is 3.06 bits per heavy atom. The molecule has 2 heterocycles. The number of nitrogens with zero attached hydrogens (tertiary/aromatic N) is 3. The first-order valence-corrected chi connectivity index (χ1v) is 5.74. The molecule has 0 aliphatic rings. The van der Waals surface area contributed by atoms with Gasteiger partial charge in [-0.1, -0.05) is 11.6 Å². The van der Waals surface area contributed by atoms with Crippen LogP contribution in [0.2, 0.25) is 5.02 Å². The van der Waals surface area contributed by atoms with Crippen LogP contribution in [0.5, 0.6) is 0 Å². The first-order chi connectivity index (χ1) is 8.63. The maximum absolute atomic E-state index is 11.3. The number of halogens is 1. The van der Waals surface area contributed by atoms with E-state index in [1.165, 1.54) is 6.07 Å². The van der Waals surface area contributed by atoms with Gasteiger partial charge in [-0.25, -0.2) is 4.98 Å². The summed E-state index contributed by atoms with van der Waals surface area (Å²) in [6, 6.07) is 3.56. The molecule has 0 atom stereocenters. The van der Waals surface area contributed by atoms with Crippen LogP contribution in [0.25, 0.3) is 5.65 Å². The molecule has 0 radical (unpaired) electrons. The minimum absolute atomic E-state index is 0.0814. The highest BCUT2D eigenvalue weighted by Crippen LogP contribution is 2.17. The Bertz CT molecular complexity index is 643. The Morgan fingerprint density at radius 1 is 1.61 bits per heavy atom. The second-order valence-electron chi connectivity index (χ2n) is 3.63. The lowest BCUT2D eigenvalue weighted by Crippen LogP contribution is -2.07. The topological polar surface area (TPSA) is 67.4 Å². The molecular weight excluding hydrogens is 254 g/mol. The normalized spacial score (nSPS) is 10.3. The van der Waals surface area contributed by atoms with Gasteiger partial charge in [-0.15, -0.1) is 0 Å². The van der Waals surface area contributed by atoms with Crippen molar-refractivity contribution >= 4 is 23.2 Å². The summed E-state index contributed by atoms with van der Waals surface area (Å²) in [7, 11) is 0. The predicted molar refractivity (Wildman–Crippen MR) is 65.3 cm³/mol. The van der Waals surface area contributed by atoms with Crippen molar-refractivity contribution in [3.05, 3.63) is 34.7 Å². The largest absolute Gasteiger partial charge is 0.466 e. The standard InChI is InChI=1S/C12H10ClN3O2/c1-2-18-11(17)4-10-7-16-6-9(13)3-8(5-14)12(16)15-10/h3,6-7H,2,4H2,1H3. The van der Waals surface area contributed by atoms with E-state index in [0.717, 1.165) is 0 Å². The fraction of sp³-hybridized carbons (Fsp3) is 0.250.